The van der Waals surface area contributed by atoms with Gasteiger partial charge in [0, 0.05) is 5.69 Å². The zero-order valence-electron chi connectivity index (χ0n) is 15.0. The van der Waals surface area contributed by atoms with Crippen LogP contribution in [0.5, 0.6) is 0 Å². The fourth-order valence-corrected chi connectivity index (χ4v) is 2.31. The van der Waals surface area contributed by atoms with E-state index in [2.05, 4.69) is 10.1 Å². The summed E-state index contributed by atoms with van der Waals surface area (Å²) < 4.78 is 42.6. The molecule has 148 valence electrons. The summed E-state index contributed by atoms with van der Waals surface area (Å²) in [4.78, 5) is 35.3. The monoisotopic (exact) mass is 394 g/mol. The molecule has 0 bridgehead atoms. The maximum Gasteiger partial charge on any atom is 0.416 e. The number of amides is 3. The fraction of sp³-hybridized carbons (Fsp3) is 0.211. The van der Waals surface area contributed by atoms with E-state index in [1.54, 1.807) is 19.1 Å². The van der Waals surface area contributed by atoms with Gasteiger partial charge in [-0.1, -0.05) is 23.8 Å². The first-order valence-electron chi connectivity index (χ1n) is 8.09. The Hall–Kier alpha value is -3.36. The topological polar surface area (TPSA) is 84.5 Å². The highest BCUT2D eigenvalue weighted by Gasteiger charge is 2.31. The Kier molecular flexibility index (Phi) is 6.40. The van der Waals surface area contributed by atoms with Crippen LogP contribution in [0.3, 0.4) is 0 Å². The smallest absolute Gasteiger partial charge is 0.416 e. The minimum atomic E-state index is -4.61. The van der Waals surface area contributed by atoms with Gasteiger partial charge in [-0.05, 0) is 43.7 Å². The van der Waals surface area contributed by atoms with Crippen molar-refractivity contribution in [3.63, 3.8) is 0 Å². The molecular formula is C19H17F3N2O4. The van der Waals surface area contributed by atoms with Crippen molar-refractivity contribution in [1.82, 2.24) is 5.32 Å². The number of carbonyl (C=O) groups excluding carboxylic acids is 3. The molecule has 6 nitrogen and oxygen atoms in total. The highest BCUT2D eigenvalue weighted by atomic mass is 19.4. The summed E-state index contributed by atoms with van der Waals surface area (Å²) in [6.45, 7) is 2.84. The van der Waals surface area contributed by atoms with Crippen LogP contribution < -0.4 is 10.6 Å². The predicted octanol–water partition coefficient (Wildman–Crippen LogP) is 3.83. The number of urea groups is 1. The molecule has 2 N–H and O–H groups in total. The molecule has 0 radical (unpaired) electrons. The first kappa shape index (κ1) is 20.9. The number of alkyl halides is 3. The van der Waals surface area contributed by atoms with Gasteiger partial charge in [-0.15, -0.1) is 0 Å². The van der Waals surface area contributed by atoms with Crippen molar-refractivity contribution in [3.05, 3.63) is 64.7 Å². The van der Waals surface area contributed by atoms with Crippen molar-refractivity contribution in [2.45, 2.75) is 20.0 Å². The van der Waals surface area contributed by atoms with Gasteiger partial charge in [0.15, 0.2) is 6.61 Å². The molecule has 0 aliphatic rings. The lowest BCUT2D eigenvalue weighted by Crippen LogP contribution is -2.37. The Morgan fingerprint density at radius 2 is 1.75 bits per heavy atom. The highest BCUT2D eigenvalue weighted by molar-refractivity contribution is 6.02. The summed E-state index contributed by atoms with van der Waals surface area (Å²) >= 11 is 0. The van der Waals surface area contributed by atoms with Gasteiger partial charge in [0.2, 0.25) is 0 Å². The molecule has 2 aromatic rings. The van der Waals surface area contributed by atoms with Gasteiger partial charge in [0.1, 0.15) is 0 Å². The lowest BCUT2D eigenvalue weighted by molar-refractivity contribution is -0.137. The lowest BCUT2D eigenvalue weighted by atomic mass is 10.1. The molecule has 0 aromatic heterocycles. The van der Waals surface area contributed by atoms with Crippen molar-refractivity contribution >= 4 is 23.6 Å². The minimum Gasteiger partial charge on any atom is -0.452 e. The molecule has 0 spiro atoms. The average Bonchev–Trinajstić information content (AvgIpc) is 2.61. The van der Waals surface area contributed by atoms with Crippen LogP contribution in [0, 0.1) is 13.8 Å². The number of esters is 1. The van der Waals surface area contributed by atoms with Gasteiger partial charge in [-0.2, -0.15) is 13.2 Å². The van der Waals surface area contributed by atoms with Crippen LogP contribution in [0.2, 0.25) is 0 Å². The fourth-order valence-electron chi connectivity index (χ4n) is 2.31. The second kappa shape index (κ2) is 8.55. The second-order valence-electron chi connectivity index (χ2n) is 5.98. The van der Waals surface area contributed by atoms with Crippen molar-refractivity contribution < 1.29 is 32.3 Å². The van der Waals surface area contributed by atoms with Gasteiger partial charge in [0.05, 0.1) is 11.1 Å². The number of rotatable bonds is 4. The molecule has 0 unspecified atom stereocenters. The average molecular weight is 394 g/mol. The van der Waals surface area contributed by atoms with E-state index in [-0.39, 0.29) is 5.56 Å². The van der Waals surface area contributed by atoms with Crippen molar-refractivity contribution in [2.24, 2.45) is 0 Å². The van der Waals surface area contributed by atoms with Crippen molar-refractivity contribution in [1.29, 1.82) is 0 Å². The Balaban J connectivity index is 1.88. The highest BCUT2D eigenvalue weighted by Crippen LogP contribution is 2.29. The number of hydrogen-bond donors (Lipinski definition) is 2. The van der Waals surface area contributed by atoms with E-state index in [4.69, 9.17) is 0 Å². The minimum absolute atomic E-state index is 0.359. The van der Waals surface area contributed by atoms with Crippen LogP contribution in [0.25, 0.3) is 0 Å². The van der Waals surface area contributed by atoms with Crippen LogP contribution >= 0.6 is 0 Å². The van der Waals surface area contributed by atoms with Crippen LogP contribution in [0.1, 0.15) is 27.0 Å². The Morgan fingerprint density at radius 1 is 1.04 bits per heavy atom. The Bertz CT molecular complexity index is 910. The van der Waals surface area contributed by atoms with Crippen LogP contribution in [-0.2, 0) is 15.7 Å². The zero-order valence-corrected chi connectivity index (χ0v) is 15.0. The molecule has 0 aliphatic carbocycles. The molecule has 0 aliphatic heterocycles. The van der Waals surface area contributed by atoms with E-state index < -0.39 is 36.3 Å². The normalized spacial score (nSPS) is 10.9. The van der Waals surface area contributed by atoms with Crippen LogP contribution in [-0.4, -0.2) is 24.5 Å². The summed E-state index contributed by atoms with van der Waals surface area (Å²) in [6, 6.07) is 8.07. The van der Waals surface area contributed by atoms with E-state index in [1.165, 1.54) is 0 Å². The molecule has 0 heterocycles. The third-order valence-electron chi connectivity index (χ3n) is 3.64. The number of nitrogens with one attached hydrogen (secondary N) is 2. The molecule has 0 atom stereocenters. The van der Waals surface area contributed by atoms with Gasteiger partial charge in [-0.25, -0.2) is 9.59 Å². The van der Waals surface area contributed by atoms with E-state index in [9.17, 15) is 27.6 Å². The molecule has 2 aromatic carbocycles. The van der Waals surface area contributed by atoms with Crippen LogP contribution in [0.4, 0.5) is 23.7 Å². The number of benzene rings is 2. The van der Waals surface area contributed by atoms with Gasteiger partial charge < -0.3 is 10.1 Å². The predicted molar refractivity (Wildman–Crippen MR) is 94.8 cm³/mol. The Labute approximate surface area is 158 Å². The number of ether oxygens (including phenoxy) is 1. The van der Waals surface area contributed by atoms with Gasteiger partial charge in [-0.3, -0.25) is 10.1 Å². The van der Waals surface area contributed by atoms with Gasteiger partial charge in [0.25, 0.3) is 5.91 Å². The number of aryl methyl sites for hydroxylation is 2. The number of carbonyl (C=O) groups is 3. The molecule has 9 heteroatoms. The SMILES string of the molecule is Cc1ccc(NC(=O)NC(=O)COC(=O)c2cccc(C(F)(F)F)c2)c(C)c1. The maximum atomic E-state index is 12.7. The van der Waals surface area contributed by atoms with Crippen molar-refractivity contribution in [2.75, 3.05) is 11.9 Å². The molecule has 3 amide bonds. The molecular weight excluding hydrogens is 377 g/mol. The second-order valence-corrected chi connectivity index (χ2v) is 5.98. The molecule has 0 saturated heterocycles. The quantitative estimate of drug-likeness (QED) is 0.772. The third kappa shape index (κ3) is 5.83. The van der Waals surface area contributed by atoms with Crippen molar-refractivity contribution in [3.8, 4) is 0 Å². The standard InChI is InChI=1S/C19H17F3N2O4/c1-11-6-7-15(12(2)8-11)23-18(27)24-16(25)10-28-17(26)13-4-3-5-14(9-13)19(20,21)22/h3-9H,10H2,1-2H3,(H2,23,24,25,27). The van der Waals surface area contributed by atoms with Crippen LogP contribution in [0.15, 0.2) is 42.5 Å². The lowest BCUT2D eigenvalue weighted by Gasteiger charge is -2.10. The first-order chi connectivity index (χ1) is 13.1. The number of anilines is 1. The summed E-state index contributed by atoms with van der Waals surface area (Å²) in [6.07, 6.45) is -4.61. The van der Waals surface area contributed by atoms with E-state index in [0.717, 1.165) is 29.3 Å². The molecule has 28 heavy (non-hydrogen) atoms. The largest absolute Gasteiger partial charge is 0.452 e. The molecule has 0 fully saturated rings. The molecule has 0 saturated carbocycles. The Morgan fingerprint density at radius 3 is 2.39 bits per heavy atom. The van der Waals surface area contributed by atoms with E-state index in [0.29, 0.717) is 11.8 Å². The molecule has 2 rings (SSSR count). The zero-order chi connectivity index (χ0) is 20.9. The summed E-state index contributed by atoms with van der Waals surface area (Å²) in [5.41, 5.74) is 0.915. The summed E-state index contributed by atoms with van der Waals surface area (Å²) in [5.74, 6) is -2.04. The van der Waals surface area contributed by atoms with E-state index in [1.807, 2.05) is 18.3 Å². The third-order valence-corrected chi connectivity index (χ3v) is 3.64. The summed E-state index contributed by atoms with van der Waals surface area (Å²) in [7, 11) is 0. The van der Waals surface area contributed by atoms with Gasteiger partial charge >= 0.3 is 18.2 Å². The summed E-state index contributed by atoms with van der Waals surface area (Å²) in [5, 5.41) is 4.44. The van der Waals surface area contributed by atoms with E-state index >= 15 is 0 Å². The maximum absolute atomic E-state index is 12.7. The number of halogens is 3. The first-order valence-corrected chi connectivity index (χ1v) is 8.09. The number of imide groups is 1. The number of hydrogen-bond acceptors (Lipinski definition) is 4.